The van der Waals surface area contributed by atoms with E-state index in [1.54, 1.807) is 6.08 Å². The molecule has 0 radical (unpaired) electrons. The quantitative estimate of drug-likeness (QED) is 0.508. The maximum atomic E-state index is 8.52. The van der Waals surface area contributed by atoms with Crippen LogP contribution < -0.4 is 0 Å². The third-order valence-corrected chi connectivity index (χ3v) is 1.45. The molecular weight excluding hydrogens is 138 g/mol. The van der Waals surface area contributed by atoms with E-state index in [4.69, 9.17) is 15.8 Å². The van der Waals surface area contributed by atoms with E-state index in [2.05, 4.69) is 0 Å². The molecule has 0 fully saturated rings. The summed E-state index contributed by atoms with van der Waals surface area (Å²) in [5.41, 5.74) is 0.947. The fourth-order valence-electron chi connectivity index (χ4n) is 0.902. The van der Waals surface area contributed by atoms with E-state index in [0.29, 0.717) is 17.6 Å². The van der Waals surface area contributed by atoms with Crippen LogP contribution in [0, 0.1) is 34.0 Å². The standard InChI is InChI=1S/C8H3N3/c9-3-6-1-2-7(4-10)8(6)5-11/h1H,2H2. The van der Waals surface area contributed by atoms with Crippen LogP contribution in [0.4, 0.5) is 0 Å². The molecule has 0 spiro atoms. The molecule has 1 aliphatic carbocycles. The summed E-state index contributed by atoms with van der Waals surface area (Å²) >= 11 is 0. The molecule has 50 valence electrons. The number of hydrogen-bond donors (Lipinski definition) is 0. The molecule has 1 aliphatic rings. The second-order valence-corrected chi connectivity index (χ2v) is 2.01. The van der Waals surface area contributed by atoms with E-state index >= 15 is 0 Å². The number of allylic oxidation sites excluding steroid dienone is 4. The fourth-order valence-corrected chi connectivity index (χ4v) is 0.902. The van der Waals surface area contributed by atoms with Crippen molar-refractivity contribution in [1.82, 2.24) is 0 Å². The molecule has 0 heterocycles. The molecule has 0 aromatic heterocycles. The average molecular weight is 141 g/mol. The van der Waals surface area contributed by atoms with E-state index in [1.165, 1.54) is 0 Å². The fraction of sp³-hybridized carbons (Fsp3) is 0.125. The van der Waals surface area contributed by atoms with Crippen molar-refractivity contribution >= 4 is 0 Å². The third-order valence-electron chi connectivity index (χ3n) is 1.45. The molecular formula is C8H3N3. The molecule has 0 atom stereocenters. The number of hydrogen-bond acceptors (Lipinski definition) is 3. The van der Waals surface area contributed by atoms with Gasteiger partial charge in [0.25, 0.3) is 0 Å². The zero-order valence-corrected chi connectivity index (χ0v) is 5.63. The highest BCUT2D eigenvalue weighted by atomic mass is 14.3. The van der Waals surface area contributed by atoms with Gasteiger partial charge in [0.1, 0.15) is 12.1 Å². The largest absolute Gasteiger partial charge is 0.193 e. The molecule has 11 heavy (non-hydrogen) atoms. The lowest BCUT2D eigenvalue weighted by Crippen LogP contribution is -1.81. The van der Waals surface area contributed by atoms with Crippen LogP contribution in [0.1, 0.15) is 6.42 Å². The zero-order chi connectivity index (χ0) is 8.27. The van der Waals surface area contributed by atoms with E-state index in [-0.39, 0.29) is 5.57 Å². The molecule has 0 aromatic carbocycles. The smallest absolute Gasteiger partial charge is 0.102 e. The summed E-state index contributed by atoms with van der Waals surface area (Å²) in [5.74, 6) is 0. The Kier molecular flexibility index (Phi) is 1.73. The van der Waals surface area contributed by atoms with Gasteiger partial charge in [-0.15, -0.1) is 0 Å². The second kappa shape index (κ2) is 2.69. The first-order chi connectivity index (χ1) is 5.33. The second-order valence-electron chi connectivity index (χ2n) is 2.01. The lowest BCUT2D eigenvalue weighted by molar-refractivity contribution is 1.31. The summed E-state index contributed by atoms with van der Waals surface area (Å²) in [7, 11) is 0. The highest BCUT2D eigenvalue weighted by Crippen LogP contribution is 2.24. The molecule has 3 heteroatoms. The molecule has 0 saturated heterocycles. The lowest BCUT2D eigenvalue weighted by atomic mass is 10.1. The van der Waals surface area contributed by atoms with Gasteiger partial charge >= 0.3 is 0 Å². The predicted octanol–water partition coefficient (Wildman–Crippen LogP) is 1.18. The molecule has 0 N–H and O–H groups in total. The SMILES string of the molecule is N#CC1=CCC(C#N)=C1C#N. The van der Waals surface area contributed by atoms with Gasteiger partial charge in [-0.2, -0.15) is 15.8 Å². The van der Waals surface area contributed by atoms with Crippen molar-refractivity contribution in [3.63, 3.8) is 0 Å². The Labute approximate surface area is 64.1 Å². The number of rotatable bonds is 0. The van der Waals surface area contributed by atoms with Crippen molar-refractivity contribution in [3.8, 4) is 18.2 Å². The molecule has 0 aliphatic heterocycles. The van der Waals surface area contributed by atoms with E-state index < -0.39 is 0 Å². The Morgan fingerprint density at radius 1 is 1.09 bits per heavy atom. The first kappa shape index (κ1) is 7.06. The topological polar surface area (TPSA) is 71.4 Å². The summed E-state index contributed by atoms with van der Waals surface area (Å²) in [6, 6.07) is 5.57. The first-order valence-electron chi connectivity index (χ1n) is 2.97. The van der Waals surface area contributed by atoms with Crippen LogP contribution in [0.3, 0.4) is 0 Å². The molecule has 0 aromatic rings. The van der Waals surface area contributed by atoms with Crippen molar-refractivity contribution in [2.75, 3.05) is 0 Å². The van der Waals surface area contributed by atoms with Crippen LogP contribution in [0.15, 0.2) is 22.8 Å². The van der Waals surface area contributed by atoms with E-state index in [0.717, 1.165) is 0 Å². The summed E-state index contributed by atoms with van der Waals surface area (Å²) in [6.07, 6.45) is 2.01. The van der Waals surface area contributed by atoms with Gasteiger partial charge in [-0.3, -0.25) is 0 Å². The highest BCUT2D eigenvalue weighted by molar-refractivity contribution is 5.60. The van der Waals surface area contributed by atoms with Gasteiger partial charge < -0.3 is 0 Å². The van der Waals surface area contributed by atoms with Gasteiger partial charge in [0.2, 0.25) is 0 Å². The summed E-state index contributed by atoms with van der Waals surface area (Å²) < 4.78 is 0. The van der Waals surface area contributed by atoms with Gasteiger partial charge in [-0.05, 0) is 0 Å². The minimum absolute atomic E-state index is 0.231. The van der Waals surface area contributed by atoms with Crippen molar-refractivity contribution in [2.24, 2.45) is 0 Å². The van der Waals surface area contributed by atoms with Crippen molar-refractivity contribution in [2.45, 2.75) is 6.42 Å². The van der Waals surface area contributed by atoms with Crippen LogP contribution >= 0.6 is 0 Å². The number of nitriles is 3. The van der Waals surface area contributed by atoms with Crippen LogP contribution in [0.2, 0.25) is 0 Å². The Morgan fingerprint density at radius 2 is 1.82 bits per heavy atom. The minimum atomic E-state index is 0.231. The monoisotopic (exact) mass is 141 g/mol. The van der Waals surface area contributed by atoms with Gasteiger partial charge in [-0.25, -0.2) is 0 Å². The van der Waals surface area contributed by atoms with Crippen LogP contribution in [-0.4, -0.2) is 0 Å². The Morgan fingerprint density at radius 3 is 2.27 bits per heavy atom. The first-order valence-corrected chi connectivity index (χ1v) is 2.97. The van der Waals surface area contributed by atoms with E-state index in [9.17, 15) is 0 Å². The van der Waals surface area contributed by atoms with Crippen molar-refractivity contribution in [3.05, 3.63) is 22.8 Å². The van der Waals surface area contributed by atoms with Gasteiger partial charge in [0, 0.05) is 6.42 Å². The molecule has 0 saturated carbocycles. The van der Waals surface area contributed by atoms with Crippen molar-refractivity contribution < 1.29 is 0 Å². The van der Waals surface area contributed by atoms with Crippen LogP contribution in [0.25, 0.3) is 0 Å². The Hall–Kier alpha value is -2.05. The lowest BCUT2D eigenvalue weighted by Gasteiger charge is -1.85. The number of nitrogens with zero attached hydrogens (tertiary/aromatic N) is 3. The van der Waals surface area contributed by atoms with E-state index in [1.807, 2.05) is 18.2 Å². The van der Waals surface area contributed by atoms with Gasteiger partial charge in [0.15, 0.2) is 0 Å². The van der Waals surface area contributed by atoms with Crippen LogP contribution in [-0.2, 0) is 0 Å². The predicted molar refractivity (Wildman–Crippen MR) is 36.6 cm³/mol. The summed E-state index contributed by atoms with van der Waals surface area (Å²) in [5, 5.41) is 25.5. The molecule has 0 unspecified atom stereocenters. The van der Waals surface area contributed by atoms with Gasteiger partial charge in [0.05, 0.1) is 22.8 Å². The maximum Gasteiger partial charge on any atom is 0.102 e. The summed E-state index contributed by atoms with van der Waals surface area (Å²) in [4.78, 5) is 0. The maximum absolute atomic E-state index is 8.52. The van der Waals surface area contributed by atoms with Gasteiger partial charge in [-0.1, -0.05) is 6.08 Å². The Balaban J connectivity index is 3.16. The molecule has 0 amide bonds. The molecule has 1 rings (SSSR count). The zero-order valence-electron chi connectivity index (χ0n) is 5.63. The molecule has 3 nitrogen and oxygen atoms in total. The normalized spacial score (nSPS) is 14.8. The van der Waals surface area contributed by atoms with Crippen molar-refractivity contribution in [1.29, 1.82) is 15.8 Å². The highest BCUT2D eigenvalue weighted by Gasteiger charge is 2.16. The minimum Gasteiger partial charge on any atom is -0.193 e. The third kappa shape index (κ3) is 0.980. The molecule has 0 bridgehead atoms. The summed E-state index contributed by atoms with van der Waals surface area (Å²) in [6.45, 7) is 0. The Bertz CT molecular complexity index is 366. The van der Waals surface area contributed by atoms with Crippen LogP contribution in [0.5, 0.6) is 0 Å². The average Bonchev–Trinajstić information content (AvgIpc) is 2.45.